The van der Waals surface area contributed by atoms with Gasteiger partial charge in [0, 0.05) is 6.54 Å². The number of fused-ring (bicyclic) bond motifs is 1. The Balaban J connectivity index is 1.91. The van der Waals surface area contributed by atoms with E-state index in [1.165, 1.54) is 6.33 Å². The average Bonchev–Trinajstić information content (AvgIpc) is 2.71. The van der Waals surface area contributed by atoms with Crippen LogP contribution in [-0.4, -0.2) is 32.4 Å². The number of carbonyl (C=O) groups is 1. The number of hydrogen-bond donors (Lipinski definition) is 2. The van der Waals surface area contributed by atoms with Gasteiger partial charge in [0.2, 0.25) is 0 Å². The van der Waals surface area contributed by atoms with E-state index in [9.17, 15) is 4.79 Å². The Labute approximate surface area is 129 Å². The molecule has 0 atom stereocenters. The van der Waals surface area contributed by atoms with Crippen LogP contribution in [0.3, 0.4) is 0 Å². The fourth-order valence-electron chi connectivity index (χ4n) is 1.86. The number of anilines is 1. The molecular weight excluding hydrogens is 375 g/mol. The van der Waals surface area contributed by atoms with Crippen molar-refractivity contribution in [3.63, 3.8) is 0 Å². The van der Waals surface area contributed by atoms with Crippen molar-refractivity contribution in [2.24, 2.45) is 5.73 Å². The molecule has 108 valence electrons. The van der Waals surface area contributed by atoms with Gasteiger partial charge in [-0.25, -0.2) is 19.4 Å². The number of nitrogen functional groups attached to an aromatic ring is 1. The van der Waals surface area contributed by atoms with Gasteiger partial charge in [-0.3, -0.25) is 0 Å². The zero-order valence-corrected chi connectivity index (χ0v) is 12.9. The van der Waals surface area contributed by atoms with Gasteiger partial charge in [0.25, 0.3) is 0 Å². The van der Waals surface area contributed by atoms with Crippen LogP contribution >= 0.6 is 22.6 Å². The Morgan fingerprint density at radius 3 is 2.90 bits per heavy atom. The van der Waals surface area contributed by atoms with E-state index in [0.29, 0.717) is 12.4 Å². The number of primary amides is 1. The second kappa shape index (κ2) is 6.68. The first-order valence-corrected chi connectivity index (χ1v) is 7.22. The molecule has 0 aliphatic rings. The fraction of sp³-hybridized carbons (Fsp3) is 0.455. The summed E-state index contributed by atoms with van der Waals surface area (Å²) in [6, 6.07) is 0. The molecule has 0 aromatic carbocycles. The van der Waals surface area contributed by atoms with Crippen LogP contribution in [0.4, 0.5) is 10.6 Å². The van der Waals surface area contributed by atoms with Crippen LogP contribution in [0.2, 0.25) is 0 Å². The predicted molar refractivity (Wildman–Crippen MR) is 81.8 cm³/mol. The van der Waals surface area contributed by atoms with Crippen LogP contribution in [0.25, 0.3) is 11.0 Å². The highest BCUT2D eigenvalue weighted by Gasteiger charge is 2.12. The summed E-state index contributed by atoms with van der Waals surface area (Å²) in [4.78, 5) is 18.6. The SMILES string of the molecule is NC(=O)OCCCCCn1nc(I)c2c(N)ncnc21. The second-order valence-corrected chi connectivity index (χ2v) is 5.22. The molecule has 20 heavy (non-hydrogen) atoms. The molecule has 0 aliphatic carbocycles. The van der Waals surface area contributed by atoms with Gasteiger partial charge in [0.1, 0.15) is 15.8 Å². The number of nitrogens with two attached hydrogens (primary N) is 2. The monoisotopic (exact) mass is 390 g/mol. The van der Waals surface area contributed by atoms with Crippen molar-refractivity contribution in [2.45, 2.75) is 25.8 Å². The minimum Gasteiger partial charge on any atom is -0.450 e. The largest absolute Gasteiger partial charge is 0.450 e. The number of aromatic nitrogens is 4. The molecule has 0 saturated heterocycles. The van der Waals surface area contributed by atoms with E-state index in [1.54, 1.807) is 0 Å². The predicted octanol–water partition coefficient (Wildman–Crippen LogP) is 1.28. The van der Waals surface area contributed by atoms with Gasteiger partial charge < -0.3 is 16.2 Å². The molecule has 0 unspecified atom stereocenters. The summed E-state index contributed by atoms with van der Waals surface area (Å²) in [7, 11) is 0. The maximum Gasteiger partial charge on any atom is 0.404 e. The lowest BCUT2D eigenvalue weighted by molar-refractivity contribution is 0.154. The van der Waals surface area contributed by atoms with Gasteiger partial charge in [-0.2, -0.15) is 5.10 Å². The van der Waals surface area contributed by atoms with Gasteiger partial charge in [-0.1, -0.05) is 0 Å². The van der Waals surface area contributed by atoms with E-state index >= 15 is 0 Å². The molecule has 0 saturated carbocycles. The van der Waals surface area contributed by atoms with Crippen LogP contribution in [0.1, 0.15) is 19.3 Å². The van der Waals surface area contributed by atoms with Gasteiger partial charge in [-0.05, 0) is 41.9 Å². The smallest absolute Gasteiger partial charge is 0.404 e. The minimum absolute atomic E-state index is 0.349. The molecule has 0 fully saturated rings. The summed E-state index contributed by atoms with van der Waals surface area (Å²) in [6.07, 6.45) is 3.29. The van der Waals surface area contributed by atoms with Crippen molar-refractivity contribution in [3.8, 4) is 0 Å². The lowest BCUT2D eigenvalue weighted by atomic mass is 10.2. The molecule has 0 bridgehead atoms. The summed E-state index contributed by atoms with van der Waals surface area (Å²) in [5.74, 6) is 0.445. The summed E-state index contributed by atoms with van der Waals surface area (Å²) >= 11 is 2.12. The van der Waals surface area contributed by atoms with Gasteiger partial charge >= 0.3 is 6.09 Å². The molecule has 0 radical (unpaired) electrons. The molecule has 2 rings (SSSR count). The average molecular weight is 390 g/mol. The van der Waals surface area contributed by atoms with Crippen LogP contribution in [0.5, 0.6) is 0 Å². The number of unbranched alkanes of at least 4 members (excludes halogenated alkanes) is 2. The molecule has 0 aliphatic heterocycles. The molecule has 0 spiro atoms. The Bertz CT molecular complexity index is 614. The quantitative estimate of drug-likeness (QED) is 0.566. The van der Waals surface area contributed by atoms with E-state index in [2.05, 4.69) is 42.4 Å². The van der Waals surface area contributed by atoms with Gasteiger partial charge in [0.05, 0.1) is 12.0 Å². The number of rotatable bonds is 6. The summed E-state index contributed by atoms with van der Waals surface area (Å²) in [5, 5.41) is 5.21. The number of carbonyl (C=O) groups excluding carboxylic acids is 1. The highest BCUT2D eigenvalue weighted by atomic mass is 127. The first kappa shape index (κ1) is 14.8. The highest BCUT2D eigenvalue weighted by Crippen LogP contribution is 2.22. The molecule has 8 nitrogen and oxygen atoms in total. The number of nitrogens with zero attached hydrogens (tertiary/aromatic N) is 4. The van der Waals surface area contributed by atoms with E-state index in [0.717, 1.165) is 40.5 Å². The summed E-state index contributed by atoms with van der Waals surface area (Å²) < 4.78 is 7.28. The maximum atomic E-state index is 10.4. The van der Waals surface area contributed by atoms with Crippen molar-refractivity contribution >= 4 is 45.5 Å². The third kappa shape index (κ3) is 3.46. The first-order valence-electron chi connectivity index (χ1n) is 6.14. The molecule has 2 aromatic rings. The number of halogens is 1. The van der Waals surface area contributed by atoms with Crippen molar-refractivity contribution in [2.75, 3.05) is 12.3 Å². The van der Waals surface area contributed by atoms with Crippen LogP contribution in [0.15, 0.2) is 6.33 Å². The van der Waals surface area contributed by atoms with E-state index in [1.807, 2.05) is 4.68 Å². The van der Waals surface area contributed by atoms with Crippen LogP contribution in [-0.2, 0) is 11.3 Å². The topological polar surface area (TPSA) is 122 Å². The van der Waals surface area contributed by atoms with Gasteiger partial charge in [-0.15, -0.1) is 0 Å². The molecule has 9 heteroatoms. The summed E-state index contributed by atoms with van der Waals surface area (Å²) in [6.45, 7) is 1.08. The number of amides is 1. The third-order valence-electron chi connectivity index (χ3n) is 2.77. The van der Waals surface area contributed by atoms with E-state index in [4.69, 9.17) is 11.5 Å². The van der Waals surface area contributed by atoms with E-state index < -0.39 is 6.09 Å². The Hall–Kier alpha value is -1.65. The molecular formula is C11H15IN6O2. The summed E-state index contributed by atoms with van der Waals surface area (Å²) in [5.41, 5.74) is 11.4. The zero-order valence-electron chi connectivity index (χ0n) is 10.8. The first-order chi connectivity index (χ1) is 9.59. The van der Waals surface area contributed by atoms with Crippen molar-refractivity contribution in [3.05, 3.63) is 10.0 Å². The molecule has 2 aromatic heterocycles. The number of ether oxygens (including phenoxy) is 1. The number of aryl methyl sites for hydroxylation is 1. The second-order valence-electron chi connectivity index (χ2n) is 4.20. The lowest BCUT2D eigenvalue weighted by Gasteiger charge is -2.03. The minimum atomic E-state index is -0.732. The molecule has 2 heterocycles. The van der Waals surface area contributed by atoms with Crippen LogP contribution in [0, 0.1) is 3.70 Å². The standard InChI is InChI=1S/C11H15IN6O2/c12-8-7-9(13)15-6-16-10(7)18(17-8)4-2-1-3-5-20-11(14)19/h6H,1-5H2,(H2,14,19)(H2,13,15,16). The maximum absolute atomic E-state index is 10.4. The van der Waals surface area contributed by atoms with Crippen molar-refractivity contribution in [1.29, 1.82) is 0 Å². The lowest BCUT2D eigenvalue weighted by Crippen LogP contribution is -2.13. The molecule has 1 amide bonds. The van der Waals surface area contributed by atoms with Crippen molar-refractivity contribution in [1.82, 2.24) is 19.7 Å². The van der Waals surface area contributed by atoms with Crippen molar-refractivity contribution < 1.29 is 9.53 Å². The highest BCUT2D eigenvalue weighted by molar-refractivity contribution is 14.1. The number of hydrogen-bond acceptors (Lipinski definition) is 6. The molecule has 4 N–H and O–H groups in total. The van der Waals surface area contributed by atoms with Gasteiger partial charge in [0.15, 0.2) is 5.65 Å². The van der Waals surface area contributed by atoms with E-state index in [-0.39, 0.29) is 0 Å². The normalized spacial score (nSPS) is 10.8. The Kier molecular flexibility index (Phi) is 4.93. The Morgan fingerprint density at radius 1 is 1.35 bits per heavy atom. The third-order valence-corrected chi connectivity index (χ3v) is 3.53. The zero-order chi connectivity index (χ0) is 14.5. The Morgan fingerprint density at radius 2 is 2.15 bits per heavy atom. The van der Waals surface area contributed by atoms with Crippen LogP contribution < -0.4 is 11.5 Å². The fourth-order valence-corrected chi connectivity index (χ4v) is 2.63.